The minimum absolute atomic E-state index is 0.0793. The first-order valence-electron chi connectivity index (χ1n) is 6.22. The van der Waals surface area contributed by atoms with Crippen LogP contribution in [-0.2, 0) is 6.54 Å². The Labute approximate surface area is 130 Å². The molecule has 3 aromatic rings. The van der Waals surface area contributed by atoms with Crippen molar-refractivity contribution in [3.63, 3.8) is 0 Å². The predicted octanol–water partition coefficient (Wildman–Crippen LogP) is 4.90. The van der Waals surface area contributed by atoms with Crippen LogP contribution in [0.15, 0.2) is 48.7 Å². The molecule has 0 aliphatic carbocycles. The Kier molecular flexibility index (Phi) is 3.57. The van der Waals surface area contributed by atoms with Crippen LogP contribution in [0.3, 0.4) is 0 Å². The highest BCUT2D eigenvalue weighted by atomic mass is 35.5. The first-order valence-corrected chi connectivity index (χ1v) is 6.98. The lowest BCUT2D eigenvalue weighted by Gasteiger charge is -2.08. The molecule has 0 radical (unpaired) electrons. The summed E-state index contributed by atoms with van der Waals surface area (Å²) in [6.45, 7) is 0.424. The molecule has 3 rings (SSSR count). The van der Waals surface area contributed by atoms with Gasteiger partial charge in [0.2, 0.25) is 0 Å². The molecule has 0 amide bonds. The number of hydrogen-bond donors (Lipinski definition) is 0. The van der Waals surface area contributed by atoms with Crippen molar-refractivity contribution in [3.05, 3.63) is 74.4 Å². The molecule has 0 fully saturated rings. The summed E-state index contributed by atoms with van der Waals surface area (Å²) in [4.78, 5) is 10.8. The van der Waals surface area contributed by atoms with E-state index in [2.05, 4.69) is 0 Å². The van der Waals surface area contributed by atoms with E-state index in [1.165, 1.54) is 6.07 Å². The lowest BCUT2D eigenvalue weighted by atomic mass is 10.2. The second-order valence-corrected chi connectivity index (χ2v) is 5.50. The second kappa shape index (κ2) is 5.39. The largest absolute Gasteiger partial charge is 0.337 e. The Hall–Kier alpha value is -2.04. The van der Waals surface area contributed by atoms with Gasteiger partial charge in [-0.2, -0.15) is 0 Å². The third kappa shape index (κ3) is 2.60. The van der Waals surface area contributed by atoms with Gasteiger partial charge in [-0.15, -0.1) is 0 Å². The molecule has 0 spiro atoms. The summed E-state index contributed by atoms with van der Waals surface area (Å²) in [5, 5.41) is 13.2. The van der Waals surface area contributed by atoms with E-state index >= 15 is 0 Å². The zero-order valence-electron chi connectivity index (χ0n) is 10.8. The fraction of sp³-hybridized carbons (Fsp3) is 0.0667. The smallest absolute Gasteiger partial charge is 0.293 e. The van der Waals surface area contributed by atoms with Gasteiger partial charge in [-0.1, -0.05) is 35.3 Å². The van der Waals surface area contributed by atoms with Gasteiger partial charge in [0.05, 0.1) is 4.92 Å². The molecule has 0 aliphatic heterocycles. The van der Waals surface area contributed by atoms with E-state index in [0.717, 1.165) is 10.9 Å². The molecule has 21 heavy (non-hydrogen) atoms. The van der Waals surface area contributed by atoms with E-state index in [0.29, 0.717) is 22.1 Å². The summed E-state index contributed by atoms with van der Waals surface area (Å²) < 4.78 is 1.81. The van der Waals surface area contributed by atoms with Crippen LogP contribution in [0.2, 0.25) is 10.0 Å². The Morgan fingerprint density at radius 1 is 1.14 bits per heavy atom. The van der Waals surface area contributed by atoms with Gasteiger partial charge < -0.3 is 4.57 Å². The molecule has 1 heterocycles. The van der Waals surface area contributed by atoms with E-state index in [1.54, 1.807) is 24.3 Å². The average molecular weight is 321 g/mol. The van der Waals surface area contributed by atoms with Gasteiger partial charge in [-0.3, -0.25) is 10.1 Å². The third-order valence-corrected chi connectivity index (χ3v) is 3.92. The molecule has 0 bridgehead atoms. The van der Waals surface area contributed by atoms with Gasteiger partial charge in [0, 0.05) is 34.2 Å². The van der Waals surface area contributed by atoms with Crippen molar-refractivity contribution in [1.29, 1.82) is 0 Å². The standard InChI is InChI=1S/C15H10Cl2N2O2/c16-12-4-5-13(17)11(8-12)9-18-7-6-10-2-1-3-14(15(10)18)19(20)21/h1-8H,9H2. The highest BCUT2D eigenvalue weighted by Crippen LogP contribution is 2.29. The maximum atomic E-state index is 11.2. The Bertz CT molecular complexity index is 843. The van der Waals surface area contributed by atoms with E-state index in [4.69, 9.17) is 23.2 Å². The number of para-hydroxylation sites is 1. The van der Waals surface area contributed by atoms with Crippen LogP contribution in [-0.4, -0.2) is 9.49 Å². The summed E-state index contributed by atoms with van der Waals surface area (Å²) in [7, 11) is 0. The van der Waals surface area contributed by atoms with Gasteiger partial charge in [0.15, 0.2) is 0 Å². The minimum Gasteiger partial charge on any atom is -0.337 e. The third-order valence-electron chi connectivity index (χ3n) is 3.31. The van der Waals surface area contributed by atoms with Gasteiger partial charge in [-0.25, -0.2) is 0 Å². The number of aromatic nitrogens is 1. The van der Waals surface area contributed by atoms with Crippen LogP contribution >= 0.6 is 23.2 Å². The number of nitro groups is 1. The maximum Gasteiger partial charge on any atom is 0.293 e. The van der Waals surface area contributed by atoms with Crippen molar-refractivity contribution in [2.45, 2.75) is 6.54 Å². The summed E-state index contributed by atoms with van der Waals surface area (Å²) in [6.07, 6.45) is 1.81. The number of non-ortho nitro benzene ring substituents is 1. The average Bonchev–Trinajstić information content (AvgIpc) is 2.86. The summed E-state index contributed by atoms with van der Waals surface area (Å²) in [5.74, 6) is 0. The molecule has 4 nitrogen and oxygen atoms in total. The number of fused-ring (bicyclic) bond motifs is 1. The number of nitro benzene ring substituents is 1. The second-order valence-electron chi connectivity index (χ2n) is 4.65. The SMILES string of the molecule is O=[N+]([O-])c1cccc2ccn(Cc3cc(Cl)ccc3Cl)c12. The van der Waals surface area contributed by atoms with Gasteiger partial charge in [-0.05, 0) is 29.8 Å². The number of halogens is 2. The molecular weight excluding hydrogens is 311 g/mol. The summed E-state index contributed by atoms with van der Waals surface area (Å²) in [5.41, 5.74) is 1.48. The molecule has 0 saturated heterocycles. The number of benzene rings is 2. The molecular formula is C15H10Cl2N2O2. The Morgan fingerprint density at radius 2 is 1.95 bits per heavy atom. The normalized spacial score (nSPS) is 11.0. The van der Waals surface area contributed by atoms with Crippen LogP contribution in [0.4, 0.5) is 5.69 Å². The highest BCUT2D eigenvalue weighted by molar-refractivity contribution is 6.33. The van der Waals surface area contributed by atoms with Crippen LogP contribution in [0.1, 0.15) is 5.56 Å². The van der Waals surface area contributed by atoms with Crippen LogP contribution < -0.4 is 0 Å². The van der Waals surface area contributed by atoms with Crippen molar-refractivity contribution >= 4 is 39.8 Å². The molecule has 1 aromatic heterocycles. The van der Waals surface area contributed by atoms with Crippen molar-refractivity contribution in [1.82, 2.24) is 4.57 Å². The first-order chi connectivity index (χ1) is 10.1. The topological polar surface area (TPSA) is 48.1 Å². The van der Waals surface area contributed by atoms with Crippen LogP contribution in [0, 0.1) is 10.1 Å². The zero-order valence-corrected chi connectivity index (χ0v) is 12.3. The lowest BCUT2D eigenvalue weighted by molar-refractivity contribution is -0.383. The zero-order chi connectivity index (χ0) is 15.0. The Balaban J connectivity index is 2.13. The maximum absolute atomic E-state index is 11.2. The van der Waals surface area contributed by atoms with E-state index < -0.39 is 0 Å². The van der Waals surface area contributed by atoms with Crippen LogP contribution in [0.25, 0.3) is 10.9 Å². The lowest BCUT2D eigenvalue weighted by Crippen LogP contribution is -2.01. The predicted molar refractivity (Wildman–Crippen MR) is 84.2 cm³/mol. The van der Waals surface area contributed by atoms with Crippen molar-refractivity contribution in [2.75, 3.05) is 0 Å². The Morgan fingerprint density at radius 3 is 2.71 bits per heavy atom. The fourth-order valence-corrected chi connectivity index (χ4v) is 2.74. The quantitative estimate of drug-likeness (QED) is 0.508. The van der Waals surface area contributed by atoms with Crippen molar-refractivity contribution in [2.24, 2.45) is 0 Å². The van der Waals surface area contributed by atoms with Crippen molar-refractivity contribution in [3.8, 4) is 0 Å². The van der Waals surface area contributed by atoms with Crippen LogP contribution in [0.5, 0.6) is 0 Å². The van der Waals surface area contributed by atoms with E-state index in [1.807, 2.05) is 22.9 Å². The van der Waals surface area contributed by atoms with E-state index in [9.17, 15) is 10.1 Å². The van der Waals surface area contributed by atoms with Gasteiger partial charge in [0.1, 0.15) is 5.52 Å². The monoisotopic (exact) mass is 320 g/mol. The molecule has 0 atom stereocenters. The summed E-state index contributed by atoms with van der Waals surface area (Å²) in [6, 6.07) is 12.1. The molecule has 0 saturated carbocycles. The number of rotatable bonds is 3. The summed E-state index contributed by atoms with van der Waals surface area (Å²) >= 11 is 12.1. The van der Waals surface area contributed by atoms with E-state index in [-0.39, 0.29) is 10.6 Å². The number of nitrogens with zero attached hydrogens (tertiary/aromatic N) is 2. The minimum atomic E-state index is -0.377. The first kappa shape index (κ1) is 13.9. The van der Waals surface area contributed by atoms with Gasteiger partial charge >= 0.3 is 0 Å². The number of hydrogen-bond acceptors (Lipinski definition) is 2. The molecule has 106 valence electrons. The van der Waals surface area contributed by atoms with Crippen molar-refractivity contribution < 1.29 is 4.92 Å². The molecule has 0 unspecified atom stereocenters. The molecule has 2 aromatic carbocycles. The molecule has 0 N–H and O–H groups in total. The molecule has 6 heteroatoms. The van der Waals surface area contributed by atoms with Gasteiger partial charge in [0.25, 0.3) is 5.69 Å². The molecule has 0 aliphatic rings. The highest BCUT2D eigenvalue weighted by Gasteiger charge is 2.16. The fourth-order valence-electron chi connectivity index (χ4n) is 2.37.